The van der Waals surface area contributed by atoms with Crippen molar-refractivity contribution in [3.05, 3.63) is 11.5 Å². The first kappa shape index (κ1) is 18.1. The summed E-state index contributed by atoms with van der Waals surface area (Å²) in [6.45, 7) is 4.22. The zero-order valence-electron chi connectivity index (χ0n) is 15.3. The summed E-state index contributed by atoms with van der Waals surface area (Å²) in [5.74, 6) is 1.03. The van der Waals surface area contributed by atoms with Gasteiger partial charge in [0.25, 0.3) is 0 Å². The van der Waals surface area contributed by atoms with E-state index in [4.69, 9.17) is 10.5 Å². The standard InChI is InChI=1S/C18H30N6O/c1-25-13-15-20-16-14(22-23-17(16)18(19)21-15)9-5-2-3-6-10-24-11-7-4-8-12-24/h2-13H2,1H3,(H,22,23)(H2,19,20,21). The number of fused-ring (bicyclic) bond motifs is 1. The third-order valence-corrected chi connectivity index (χ3v) is 4.92. The highest BCUT2D eigenvalue weighted by molar-refractivity contribution is 5.85. The van der Waals surface area contributed by atoms with E-state index in [0.29, 0.717) is 23.8 Å². The summed E-state index contributed by atoms with van der Waals surface area (Å²) < 4.78 is 5.11. The van der Waals surface area contributed by atoms with Crippen molar-refractivity contribution in [2.45, 2.75) is 58.0 Å². The lowest BCUT2D eigenvalue weighted by molar-refractivity contribution is 0.178. The summed E-state index contributed by atoms with van der Waals surface area (Å²) in [6, 6.07) is 0. The van der Waals surface area contributed by atoms with Gasteiger partial charge in [0.15, 0.2) is 17.2 Å². The van der Waals surface area contributed by atoms with E-state index in [1.165, 1.54) is 58.2 Å². The zero-order chi connectivity index (χ0) is 17.5. The maximum atomic E-state index is 5.97. The van der Waals surface area contributed by atoms with Gasteiger partial charge in [-0.2, -0.15) is 5.10 Å². The summed E-state index contributed by atoms with van der Waals surface area (Å²) in [6.07, 6.45) is 10.1. The van der Waals surface area contributed by atoms with E-state index in [0.717, 1.165) is 24.1 Å². The van der Waals surface area contributed by atoms with Crippen molar-refractivity contribution in [2.75, 3.05) is 32.5 Å². The second kappa shape index (κ2) is 9.10. The molecule has 7 nitrogen and oxygen atoms in total. The van der Waals surface area contributed by atoms with Crippen LogP contribution in [0.5, 0.6) is 0 Å². The highest BCUT2D eigenvalue weighted by atomic mass is 16.5. The minimum Gasteiger partial charge on any atom is -0.382 e. The molecule has 3 rings (SSSR count). The molecule has 0 radical (unpaired) electrons. The minimum atomic E-state index is 0.362. The molecule has 3 N–H and O–H groups in total. The maximum Gasteiger partial charge on any atom is 0.157 e. The number of nitrogens with two attached hydrogens (primary N) is 1. The van der Waals surface area contributed by atoms with Crippen LogP contribution in [-0.2, 0) is 17.8 Å². The number of likely N-dealkylation sites (tertiary alicyclic amines) is 1. The van der Waals surface area contributed by atoms with E-state index in [9.17, 15) is 0 Å². The third-order valence-electron chi connectivity index (χ3n) is 4.92. The second-order valence-corrected chi connectivity index (χ2v) is 6.92. The molecule has 0 aromatic carbocycles. The number of piperidine rings is 1. The van der Waals surface area contributed by atoms with E-state index in [2.05, 4.69) is 25.1 Å². The van der Waals surface area contributed by atoms with Crippen LogP contribution in [0.1, 0.15) is 56.5 Å². The number of rotatable bonds is 9. The van der Waals surface area contributed by atoms with Crippen LogP contribution in [0.3, 0.4) is 0 Å². The number of nitrogens with zero attached hydrogens (tertiary/aromatic N) is 4. The van der Waals surface area contributed by atoms with E-state index in [-0.39, 0.29) is 0 Å². The number of ether oxygens (including phenoxy) is 1. The first-order valence-electron chi connectivity index (χ1n) is 9.48. The van der Waals surface area contributed by atoms with Gasteiger partial charge >= 0.3 is 0 Å². The Balaban J connectivity index is 1.44. The van der Waals surface area contributed by atoms with Gasteiger partial charge in [0.1, 0.15) is 12.1 Å². The zero-order valence-corrected chi connectivity index (χ0v) is 15.3. The van der Waals surface area contributed by atoms with Crippen LogP contribution in [0.4, 0.5) is 5.82 Å². The van der Waals surface area contributed by atoms with Crippen molar-refractivity contribution >= 4 is 16.9 Å². The molecular formula is C18H30N6O. The molecule has 2 aromatic heterocycles. The fourth-order valence-corrected chi connectivity index (χ4v) is 3.56. The molecule has 1 aliphatic heterocycles. The summed E-state index contributed by atoms with van der Waals surface area (Å²) in [5, 5.41) is 7.36. The molecule has 1 saturated heterocycles. The number of aryl methyl sites for hydroxylation is 1. The summed E-state index contributed by atoms with van der Waals surface area (Å²) in [4.78, 5) is 11.4. The Morgan fingerprint density at radius 1 is 1.04 bits per heavy atom. The lowest BCUT2D eigenvalue weighted by atomic mass is 10.1. The molecule has 2 aromatic rings. The number of anilines is 1. The van der Waals surface area contributed by atoms with Crippen molar-refractivity contribution in [3.63, 3.8) is 0 Å². The molecule has 0 bridgehead atoms. The van der Waals surface area contributed by atoms with Crippen LogP contribution in [-0.4, -0.2) is 51.8 Å². The van der Waals surface area contributed by atoms with E-state index >= 15 is 0 Å². The molecule has 138 valence electrons. The predicted molar refractivity (Wildman–Crippen MR) is 99.3 cm³/mol. The molecule has 0 amide bonds. The number of aromatic nitrogens is 4. The fraction of sp³-hybridized carbons (Fsp3) is 0.722. The van der Waals surface area contributed by atoms with Crippen LogP contribution in [0.25, 0.3) is 11.0 Å². The van der Waals surface area contributed by atoms with Crippen LogP contribution in [0, 0.1) is 0 Å². The molecule has 0 unspecified atom stereocenters. The molecule has 25 heavy (non-hydrogen) atoms. The number of H-pyrrole nitrogens is 1. The quantitative estimate of drug-likeness (QED) is 0.678. The molecule has 3 heterocycles. The van der Waals surface area contributed by atoms with Crippen LogP contribution in [0.2, 0.25) is 0 Å². The average molecular weight is 346 g/mol. The van der Waals surface area contributed by atoms with Gasteiger partial charge in [-0.05, 0) is 51.7 Å². The topological polar surface area (TPSA) is 92.9 Å². The summed E-state index contributed by atoms with van der Waals surface area (Å²) >= 11 is 0. The highest BCUT2D eigenvalue weighted by Gasteiger charge is 2.13. The number of aromatic amines is 1. The predicted octanol–water partition coefficient (Wildman–Crippen LogP) is 2.67. The monoisotopic (exact) mass is 346 g/mol. The van der Waals surface area contributed by atoms with Crippen LogP contribution < -0.4 is 5.73 Å². The number of nitrogen functional groups attached to an aromatic ring is 1. The molecule has 0 spiro atoms. The number of methoxy groups -OCH3 is 1. The Morgan fingerprint density at radius 3 is 2.64 bits per heavy atom. The normalized spacial score (nSPS) is 15.9. The molecule has 1 aliphatic rings. The first-order valence-corrected chi connectivity index (χ1v) is 9.48. The Bertz CT molecular complexity index is 665. The molecule has 0 aliphatic carbocycles. The van der Waals surface area contributed by atoms with Crippen molar-refractivity contribution < 1.29 is 4.74 Å². The lowest BCUT2D eigenvalue weighted by Gasteiger charge is -2.26. The molecule has 7 heteroatoms. The maximum absolute atomic E-state index is 5.97. The van der Waals surface area contributed by atoms with Gasteiger partial charge in [-0.1, -0.05) is 19.3 Å². The van der Waals surface area contributed by atoms with Gasteiger partial charge in [0, 0.05) is 7.11 Å². The Hall–Kier alpha value is -1.73. The SMILES string of the molecule is COCc1nc(N)c2n[nH]c(CCCCCCN3CCCCC3)c2n1. The Morgan fingerprint density at radius 2 is 1.84 bits per heavy atom. The second-order valence-electron chi connectivity index (χ2n) is 6.92. The number of hydrogen-bond donors (Lipinski definition) is 2. The van der Waals surface area contributed by atoms with Gasteiger partial charge < -0.3 is 15.4 Å². The molecule has 1 fully saturated rings. The summed E-state index contributed by atoms with van der Waals surface area (Å²) in [5.41, 5.74) is 8.53. The van der Waals surface area contributed by atoms with Crippen molar-refractivity contribution in [1.82, 2.24) is 25.1 Å². The fourth-order valence-electron chi connectivity index (χ4n) is 3.56. The van der Waals surface area contributed by atoms with Gasteiger partial charge in [0.2, 0.25) is 0 Å². The largest absolute Gasteiger partial charge is 0.382 e. The van der Waals surface area contributed by atoms with Gasteiger partial charge in [-0.3, -0.25) is 5.10 Å². The lowest BCUT2D eigenvalue weighted by Crippen LogP contribution is -2.30. The van der Waals surface area contributed by atoms with E-state index in [1.807, 2.05) is 0 Å². The number of unbranched alkanes of at least 4 members (excludes halogenated alkanes) is 3. The van der Waals surface area contributed by atoms with E-state index < -0.39 is 0 Å². The van der Waals surface area contributed by atoms with Gasteiger partial charge in [-0.25, -0.2) is 9.97 Å². The molecule has 0 saturated carbocycles. The number of nitrogens with one attached hydrogen (secondary N) is 1. The number of hydrogen-bond acceptors (Lipinski definition) is 6. The Labute approximate surface area is 149 Å². The first-order chi connectivity index (χ1) is 12.3. The Kier molecular flexibility index (Phi) is 6.58. The smallest absolute Gasteiger partial charge is 0.157 e. The van der Waals surface area contributed by atoms with Crippen molar-refractivity contribution in [3.8, 4) is 0 Å². The third kappa shape index (κ3) is 4.89. The van der Waals surface area contributed by atoms with E-state index in [1.54, 1.807) is 7.11 Å². The molecule has 0 atom stereocenters. The van der Waals surface area contributed by atoms with Gasteiger partial charge in [-0.15, -0.1) is 0 Å². The average Bonchev–Trinajstić information content (AvgIpc) is 3.03. The van der Waals surface area contributed by atoms with Crippen molar-refractivity contribution in [1.29, 1.82) is 0 Å². The van der Waals surface area contributed by atoms with Crippen LogP contribution >= 0.6 is 0 Å². The molecular weight excluding hydrogens is 316 g/mol. The highest BCUT2D eigenvalue weighted by Crippen LogP contribution is 2.20. The summed E-state index contributed by atoms with van der Waals surface area (Å²) in [7, 11) is 1.63. The van der Waals surface area contributed by atoms with Crippen LogP contribution in [0.15, 0.2) is 0 Å². The minimum absolute atomic E-state index is 0.362. The van der Waals surface area contributed by atoms with Crippen molar-refractivity contribution in [2.24, 2.45) is 0 Å². The van der Waals surface area contributed by atoms with Gasteiger partial charge in [0.05, 0.1) is 5.69 Å².